The molecule has 0 spiro atoms. The predicted molar refractivity (Wildman–Crippen MR) is 102 cm³/mol. The summed E-state index contributed by atoms with van der Waals surface area (Å²) in [6.07, 6.45) is 9.73. The Morgan fingerprint density at radius 2 is 2.08 bits per heavy atom. The smallest absolute Gasteiger partial charge is 0.253 e. The van der Waals surface area contributed by atoms with Gasteiger partial charge in [0.25, 0.3) is 5.91 Å². The minimum absolute atomic E-state index is 0.147. The van der Waals surface area contributed by atoms with E-state index < -0.39 is 0 Å². The van der Waals surface area contributed by atoms with E-state index in [4.69, 9.17) is 0 Å². The molecule has 1 aliphatic rings. The topological polar surface area (TPSA) is 57.2 Å². The van der Waals surface area contributed by atoms with E-state index >= 15 is 0 Å². The van der Waals surface area contributed by atoms with Gasteiger partial charge in [-0.05, 0) is 50.2 Å². The molecule has 26 heavy (non-hydrogen) atoms. The highest BCUT2D eigenvalue weighted by molar-refractivity contribution is 5.98. The monoisotopic (exact) mass is 351 g/mol. The number of nitrogens with one attached hydrogen (secondary N) is 1. The van der Waals surface area contributed by atoms with Crippen LogP contribution in [-0.2, 0) is 6.54 Å². The van der Waals surface area contributed by atoms with Gasteiger partial charge >= 0.3 is 0 Å². The van der Waals surface area contributed by atoms with Gasteiger partial charge in [-0.25, -0.2) is 4.98 Å². The summed E-state index contributed by atoms with van der Waals surface area (Å²) in [6.45, 7) is 5.70. The largest absolute Gasteiger partial charge is 0.361 e. The lowest BCUT2D eigenvalue weighted by molar-refractivity contribution is 0.0761. The lowest BCUT2D eigenvalue weighted by Gasteiger charge is -2.22. The first-order valence-electron chi connectivity index (χ1n) is 9.34. The van der Waals surface area contributed by atoms with E-state index in [1.165, 1.54) is 0 Å². The van der Waals surface area contributed by atoms with Crippen LogP contribution in [0.4, 0.5) is 0 Å². The highest BCUT2D eigenvalue weighted by Crippen LogP contribution is 2.17. The first kappa shape index (κ1) is 16.8. The minimum atomic E-state index is 0.147. The first-order chi connectivity index (χ1) is 12.8. The summed E-state index contributed by atoms with van der Waals surface area (Å²) < 4.78 is 2.12. The number of carbonyl (C=O) groups excluding carboxylic acids is 1. The van der Waals surface area contributed by atoms with Crippen LogP contribution in [0, 0.1) is 0 Å². The molecule has 1 N–H and O–H groups in total. The van der Waals surface area contributed by atoms with Crippen LogP contribution in [0.3, 0.4) is 0 Å². The van der Waals surface area contributed by atoms with Crippen molar-refractivity contribution in [3.8, 4) is 0 Å². The molecule has 0 saturated carbocycles. The quantitative estimate of drug-likeness (QED) is 0.769. The third-order valence-electron chi connectivity index (χ3n) is 5.13. The molecule has 2 aromatic heterocycles. The standard InChI is InChI=1S/C20H25N5O/c26-20(18-3-4-19-17(15-18)5-6-22-19)25-11-2-9-23(13-14-25)8-1-10-24-12-7-21-16-24/h3-7,12,15-16,22H,1-2,8-11,13-14H2. The molecule has 3 heterocycles. The number of benzene rings is 1. The Morgan fingerprint density at radius 1 is 1.12 bits per heavy atom. The Hall–Kier alpha value is -2.60. The number of hydrogen-bond donors (Lipinski definition) is 1. The van der Waals surface area contributed by atoms with Crippen LogP contribution in [0.5, 0.6) is 0 Å². The van der Waals surface area contributed by atoms with Crippen LogP contribution >= 0.6 is 0 Å². The van der Waals surface area contributed by atoms with Crippen LogP contribution in [0.15, 0.2) is 49.2 Å². The molecule has 6 nitrogen and oxygen atoms in total. The molecular weight excluding hydrogens is 326 g/mol. The van der Waals surface area contributed by atoms with Crippen molar-refractivity contribution in [2.24, 2.45) is 0 Å². The number of nitrogens with zero attached hydrogens (tertiary/aromatic N) is 4. The van der Waals surface area contributed by atoms with Crippen LogP contribution in [0.2, 0.25) is 0 Å². The summed E-state index contributed by atoms with van der Waals surface area (Å²) in [5.74, 6) is 0.147. The van der Waals surface area contributed by atoms with Gasteiger partial charge in [-0.2, -0.15) is 0 Å². The third-order valence-corrected chi connectivity index (χ3v) is 5.13. The first-order valence-corrected chi connectivity index (χ1v) is 9.34. The Balaban J connectivity index is 1.31. The minimum Gasteiger partial charge on any atom is -0.361 e. The molecule has 1 fully saturated rings. The number of imidazole rings is 1. The van der Waals surface area contributed by atoms with E-state index in [9.17, 15) is 4.79 Å². The molecule has 1 saturated heterocycles. The lowest BCUT2D eigenvalue weighted by Crippen LogP contribution is -2.35. The maximum absolute atomic E-state index is 12.9. The number of hydrogen-bond acceptors (Lipinski definition) is 3. The van der Waals surface area contributed by atoms with E-state index in [0.29, 0.717) is 0 Å². The number of aromatic nitrogens is 3. The van der Waals surface area contributed by atoms with Crippen molar-refractivity contribution in [1.82, 2.24) is 24.3 Å². The highest BCUT2D eigenvalue weighted by Gasteiger charge is 2.20. The SMILES string of the molecule is O=C(c1ccc2[nH]ccc2c1)N1CCCN(CCCn2ccnc2)CC1. The lowest BCUT2D eigenvalue weighted by atomic mass is 10.1. The molecule has 136 valence electrons. The predicted octanol–water partition coefficient (Wildman–Crippen LogP) is 2.60. The molecule has 1 aliphatic heterocycles. The van der Waals surface area contributed by atoms with Gasteiger partial charge in [0.1, 0.15) is 0 Å². The fraction of sp³-hybridized carbons (Fsp3) is 0.400. The summed E-state index contributed by atoms with van der Waals surface area (Å²) in [4.78, 5) is 24.6. The van der Waals surface area contributed by atoms with Gasteiger partial charge < -0.3 is 19.4 Å². The molecule has 6 heteroatoms. The van der Waals surface area contributed by atoms with Crippen molar-refractivity contribution in [3.05, 3.63) is 54.7 Å². The molecule has 0 atom stereocenters. The Labute approximate surface area is 153 Å². The van der Waals surface area contributed by atoms with Crippen molar-refractivity contribution in [3.63, 3.8) is 0 Å². The summed E-state index contributed by atoms with van der Waals surface area (Å²) in [5.41, 5.74) is 1.85. The van der Waals surface area contributed by atoms with Crippen LogP contribution in [-0.4, -0.2) is 63.0 Å². The second-order valence-corrected chi connectivity index (χ2v) is 6.92. The third kappa shape index (κ3) is 3.80. The average Bonchev–Trinajstić information content (AvgIpc) is 3.29. The normalized spacial score (nSPS) is 16.1. The second-order valence-electron chi connectivity index (χ2n) is 6.92. The van der Waals surface area contributed by atoms with E-state index in [0.717, 1.165) is 68.6 Å². The number of rotatable bonds is 5. The molecule has 0 radical (unpaired) electrons. The molecule has 3 aromatic rings. The van der Waals surface area contributed by atoms with Gasteiger partial charge in [0.2, 0.25) is 0 Å². The average molecular weight is 351 g/mol. The van der Waals surface area contributed by atoms with Crippen molar-refractivity contribution in [1.29, 1.82) is 0 Å². The number of aromatic amines is 1. The van der Waals surface area contributed by atoms with E-state index in [1.807, 2.05) is 54.1 Å². The molecule has 4 rings (SSSR count). The molecule has 0 bridgehead atoms. The van der Waals surface area contributed by atoms with Crippen LogP contribution < -0.4 is 0 Å². The number of amides is 1. The summed E-state index contributed by atoms with van der Waals surface area (Å²) in [7, 11) is 0. The van der Waals surface area contributed by atoms with E-state index in [1.54, 1.807) is 0 Å². The Morgan fingerprint density at radius 3 is 2.96 bits per heavy atom. The fourth-order valence-corrected chi connectivity index (χ4v) is 3.66. The zero-order chi connectivity index (χ0) is 17.8. The molecule has 0 aliphatic carbocycles. The Bertz CT molecular complexity index is 854. The maximum atomic E-state index is 12.9. The van der Waals surface area contributed by atoms with Crippen LogP contribution in [0.25, 0.3) is 10.9 Å². The highest BCUT2D eigenvalue weighted by atomic mass is 16.2. The zero-order valence-electron chi connectivity index (χ0n) is 15.0. The molecule has 1 aromatic carbocycles. The number of H-pyrrole nitrogens is 1. The van der Waals surface area contributed by atoms with Crippen LogP contribution in [0.1, 0.15) is 23.2 Å². The zero-order valence-corrected chi connectivity index (χ0v) is 15.0. The summed E-state index contributed by atoms with van der Waals surface area (Å²) in [6, 6.07) is 7.91. The Kier molecular flexibility index (Phi) is 5.02. The number of aryl methyl sites for hydroxylation is 1. The van der Waals surface area contributed by atoms with Gasteiger partial charge in [-0.3, -0.25) is 4.79 Å². The van der Waals surface area contributed by atoms with Crippen molar-refractivity contribution < 1.29 is 4.79 Å². The van der Waals surface area contributed by atoms with E-state index in [-0.39, 0.29) is 5.91 Å². The summed E-state index contributed by atoms with van der Waals surface area (Å²) in [5, 5.41) is 1.09. The van der Waals surface area contributed by atoms with Crippen molar-refractivity contribution in [2.45, 2.75) is 19.4 Å². The maximum Gasteiger partial charge on any atom is 0.253 e. The van der Waals surface area contributed by atoms with Crippen molar-refractivity contribution in [2.75, 3.05) is 32.7 Å². The van der Waals surface area contributed by atoms with E-state index in [2.05, 4.69) is 19.4 Å². The number of carbonyl (C=O) groups is 1. The second kappa shape index (κ2) is 7.74. The molecular formula is C20H25N5O. The number of fused-ring (bicyclic) bond motifs is 1. The fourth-order valence-electron chi connectivity index (χ4n) is 3.66. The van der Waals surface area contributed by atoms with Gasteiger partial charge in [-0.1, -0.05) is 0 Å². The van der Waals surface area contributed by atoms with Gasteiger partial charge in [-0.15, -0.1) is 0 Å². The summed E-state index contributed by atoms with van der Waals surface area (Å²) >= 11 is 0. The van der Waals surface area contributed by atoms with Crippen molar-refractivity contribution >= 4 is 16.8 Å². The molecule has 0 unspecified atom stereocenters. The molecule has 1 amide bonds. The van der Waals surface area contributed by atoms with Gasteiger partial charge in [0.05, 0.1) is 6.33 Å². The van der Waals surface area contributed by atoms with Gasteiger partial charge in [0.15, 0.2) is 0 Å². The van der Waals surface area contributed by atoms with Gasteiger partial charge in [0, 0.05) is 61.2 Å².